The lowest BCUT2D eigenvalue weighted by atomic mass is 10.1. The number of benzene rings is 2. The molecule has 2 aromatic carbocycles. The lowest BCUT2D eigenvalue weighted by Crippen LogP contribution is -2.14. The molecule has 1 heterocycles. The zero-order valence-corrected chi connectivity index (χ0v) is 17.1. The number of carboxylic acids is 1. The minimum atomic E-state index is -2.25. The van der Waals surface area contributed by atoms with Crippen molar-refractivity contribution in [1.29, 1.82) is 5.26 Å². The van der Waals surface area contributed by atoms with Crippen LogP contribution >= 0.6 is 10.0 Å². The van der Waals surface area contributed by atoms with Crippen LogP contribution in [0.1, 0.15) is 13.3 Å². The molecule has 0 saturated heterocycles. The third-order valence-electron chi connectivity index (χ3n) is 4.56. The predicted molar refractivity (Wildman–Crippen MR) is 113 cm³/mol. The summed E-state index contributed by atoms with van der Waals surface area (Å²) in [5.74, 6) is 0.338. The number of nitriles is 1. The number of nitrogens with zero attached hydrogens (tertiary/aromatic N) is 2. The Morgan fingerprint density at radius 1 is 1.24 bits per heavy atom. The van der Waals surface area contributed by atoms with Crippen molar-refractivity contribution in [2.45, 2.75) is 23.1 Å². The molecule has 1 N–H and O–H groups in total. The zero-order valence-electron chi connectivity index (χ0n) is 16.2. The molecule has 2 aromatic rings. The number of hydrogen-bond acceptors (Lipinski definition) is 5. The standard InChI is InChI=1S/C22H22N2O4S/c1-16(11-12-23)14-28-19-5-3-4-6-20(19)29(15-24-13-21(29)22(25)26)18-9-7-17(27-2)8-10-18/h3-10,13,15-16H,11,14H2,1-2H3,(H,25,26). The van der Waals surface area contributed by atoms with Gasteiger partial charge in [-0.25, -0.2) is 4.79 Å². The zero-order chi connectivity index (χ0) is 20.9. The molecule has 29 heavy (non-hydrogen) atoms. The minimum Gasteiger partial charge on any atom is -0.497 e. The van der Waals surface area contributed by atoms with Gasteiger partial charge < -0.3 is 14.6 Å². The first-order valence-corrected chi connectivity index (χ1v) is 10.8. The minimum absolute atomic E-state index is 0.0618. The molecule has 0 amide bonds. The van der Waals surface area contributed by atoms with E-state index in [1.54, 1.807) is 12.7 Å². The molecule has 6 nitrogen and oxygen atoms in total. The lowest BCUT2D eigenvalue weighted by Gasteiger charge is -2.36. The van der Waals surface area contributed by atoms with Gasteiger partial charge in [-0.15, -0.1) is 10.0 Å². The fourth-order valence-electron chi connectivity index (χ4n) is 3.08. The van der Waals surface area contributed by atoms with Gasteiger partial charge in [0.1, 0.15) is 16.4 Å². The molecule has 1 aliphatic heterocycles. The monoisotopic (exact) mass is 410 g/mol. The molecule has 2 unspecified atom stereocenters. The number of ether oxygens (including phenoxy) is 2. The first kappa shape index (κ1) is 20.5. The quantitative estimate of drug-likeness (QED) is 0.674. The van der Waals surface area contributed by atoms with Crippen molar-refractivity contribution in [3.05, 3.63) is 59.6 Å². The predicted octanol–water partition coefficient (Wildman–Crippen LogP) is 4.81. The van der Waals surface area contributed by atoms with Crippen molar-refractivity contribution in [2.24, 2.45) is 10.9 Å². The third-order valence-corrected chi connectivity index (χ3v) is 8.02. The van der Waals surface area contributed by atoms with E-state index in [9.17, 15) is 9.90 Å². The Kier molecular flexibility index (Phi) is 6.25. The van der Waals surface area contributed by atoms with Crippen LogP contribution in [0.3, 0.4) is 0 Å². The van der Waals surface area contributed by atoms with Gasteiger partial charge in [0.05, 0.1) is 25.3 Å². The van der Waals surface area contributed by atoms with Gasteiger partial charge in [-0.2, -0.15) is 5.26 Å². The van der Waals surface area contributed by atoms with Crippen molar-refractivity contribution in [2.75, 3.05) is 13.7 Å². The summed E-state index contributed by atoms with van der Waals surface area (Å²) in [4.78, 5) is 18.2. The highest BCUT2D eigenvalue weighted by Crippen LogP contribution is 2.70. The maximum Gasteiger partial charge on any atom is 0.343 e. The third kappa shape index (κ3) is 3.98. The molecule has 0 radical (unpaired) electrons. The average Bonchev–Trinajstić information content (AvgIpc) is 3.19. The van der Waals surface area contributed by atoms with Gasteiger partial charge >= 0.3 is 5.97 Å². The molecule has 2 atom stereocenters. The van der Waals surface area contributed by atoms with Gasteiger partial charge in [-0.1, -0.05) is 19.1 Å². The van der Waals surface area contributed by atoms with Crippen LogP contribution in [-0.4, -0.2) is 30.3 Å². The van der Waals surface area contributed by atoms with E-state index in [-0.39, 0.29) is 10.8 Å². The average molecular weight is 410 g/mol. The van der Waals surface area contributed by atoms with E-state index in [0.29, 0.717) is 24.5 Å². The van der Waals surface area contributed by atoms with E-state index in [1.807, 2.05) is 55.5 Å². The van der Waals surface area contributed by atoms with E-state index in [2.05, 4.69) is 11.1 Å². The van der Waals surface area contributed by atoms with Gasteiger partial charge in [-0.05, 0) is 36.4 Å². The van der Waals surface area contributed by atoms with Gasteiger partial charge in [0.25, 0.3) is 0 Å². The van der Waals surface area contributed by atoms with E-state index in [1.165, 1.54) is 6.20 Å². The first-order valence-electron chi connectivity index (χ1n) is 9.06. The topological polar surface area (TPSA) is 91.9 Å². The fourth-order valence-corrected chi connectivity index (χ4v) is 6.23. The van der Waals surface area contributed by atoms with E-state index < -0.39 is 16.0 Å². The molecule has 3 rings (SSSR count). The molecule has 0 bridgehead atoms. The number of aliphatic imine (C=N–C) groups is 1. The van der Waals surface area contributed by atoms with Crippen molar-refractivity contribution in [1.82, 2.24) is 0 Å². The van der Waals surface area contributed by atoms with Crippen LogP contribution in [0, 0.1) is 17.2 Å². The number of methoxy groups -OCH3 is 1. The Balaban J connectivity index is 2.11. The van der Waals surface area contributed by atoms with Crippen molar-refractivity contribution in [3.63, 3.8) is 0 Å². The van der Waals surface area contributed by atoms with Crippen LogP contribution in [0.4, 0.5) is 0 Å². The molecular formula is C22H22N2O4S. The van der Waals surface area contributed by atoms with Crippen LogP contribution in [0.25, 0.3) is 0 Å². The van der Waals surface area contributed by atoms with Crippen LogP contribution in [-0.2, 0) is 4.79 Å². The highest BCUT2D eigenvalue weighted by molar-refractivity contribution is 8.47. The van der Waals surface area contributed by atoms with Gasteiger partial charge in [0, 0.05) is 28.3 Å². The Hall–Kier alpha value is -3.24. The number of aliphatic carboxylic acids is 1. The number of hydrogen-bond donors (Lipinski definition) is 1. The summed E-state index contributed by atoms with van der Waals surface area (Å²) in [6.07, 6.45) is 1.80. The molecule has 150 valence electrons. The molecule has 0 spiro atoms. The fraction of sp³-hybridized carbons (Fsp3) is 0.227. The second-order valence-electron chi connectivity index (χ2n) is 6.61. The second-order valence-corrected chi connectivity index (χ2v) is 9.49. The Morgan fingerprint density at radius 3 is 2.62 bits per heavy atom. The number of rotatable bonds is 8. The Labute approximate surface area is 171 Å². The van der Waals surface area contributed by atoms with Crippen LogP contribution < -0.4 is 9.47 Å². The summed E-state index contributed by atoms with van der Waals surface area (Å²) >= 11 is 0. The number of carboxylic acid groups (broad SMARTS) is 1. The van der Waals surface area contributed by atoms with Crippen LogP contribution in [0.2, 0.25) is 0 Å². The summed E-state index contributed by atoms with van der Waals surface area (Å²) in [6.45, 7) is 2.31. The normalized spacial score (nSPS) is 20.8. The summed E-state index contributed by atoms with van der Waals surface area (Å²) in [5, 5.41) is 18.8. The van der Waals surface area contributed by atoms with E-state index in [0.717, 1.165) is 9.79 Å². The highest BCUT2D eigenvalue weighted by Gasteiger charge is 2.40. The van der Waals surface area contributed by atoms with Crippen LogP contribution in [0.15, 0.2) is 74.4 Å². The lowest BCUT2D eigenvalue weighted by molar-refractivity contribution is -0.131. The summed E-state index contributed by atoms with van der Waals surface area (Å²) in [7, 11) is -0.664. The molecule has 0 saturated carbocycles. The van der Waals surface area contributed by atoms with Crippen molar-refractivity contribution >= 4 is 21.5 Å². The maximum absolute atomic E-state index is 12.1. The number of carbonyl (C=O) groups is 1. The molecule has 1 aliphatic rings. The SMILES string of the molecule is COc1ccc(S2(c3ccccc3OCC(C)CC#N)C=NC=C2C(=O)O)cc1. The van der Waals surface area contributed by atoms with Crippen LogP contribution in [0.5, 0.6) is 11.5 Å². The molecule has 0 aromatic heterocycles. The van der Waals surface area contributed by atoms with Crippen molar-refractivity contribution in [3.8, 4) is 17.6 Å². The molecule has 0 fully saturated rings. The Bertz CT molecular complexity index is 995. The largest absolute Gasteiger partial charge is 0.497 e. The van der Waals surface area contributed by atoms with E-state index in [4.69, 9.17) is 14.7 Å². The highest BCUT2D eigenvalue weighted by atomic mass is 32.3. The summed E-state index contributed by atoms with van der Waals surface area (Å²) < 4.78 is 11.3. The molecular weight excluding hydrogens is 388 g/mol. The molecule has 0 aliphatic carbocycles. The summed E-state index contributed by atoms with van der Waals surface area (Å²) in [5.41, 5.74) is 1.72. The van der Waals surface area contributed by atoms with Gasteiger partial charge in [0.15, 0.2) is 0 Å². The first-order chi connectivity index (χ1) is 14.0. The van der Waals surface area contributed by atoms with E-state index >= 15 is 0 Å². The molecule has 7 heteroatoms. The van der Waals surface area contributed by atoms with Gasteiger partial charge in [0.2, 0.25) is 0 Å². The number of para-hydroxylation sites is 1. The maximum atomic E-state index is 12.1. The summed E-state index contributed by atoms with van der Waals surface area (Å²) in [6, 6.07) is 17.0. The van der Waals surface area contributed by atoms with Gasteiger partial charge in [-0.3, -0.25) is 4.99 Å². The smallest absolute Gasteiger partial charge is 0.343 e. The Morgan fingerprint density at radius 2 is 1.97 bits per heavy atom. The van der Waals surface area contributed by atoms with Crippen molar-refractivity contribution < 1.29 is 19.4 Å². The second kappa shape index (κ2) is 8.84.